The van der Waals surface area contributed by atoms with Gasteiger partial charge in [0.2, 0.25) is 0 Å². The SMILES string of the molecule is CCN(N)OC(=O)O. The number of carboxylic acid groups (broad SMARTS) is 1. The van der Waals surface area contributed by atoms with Crippen LogP contribution in [0.25, 0.3) is 0 Å². The summed E-state index contributed by atoms with van der Waals surface area (Å²) in [6.07, 6.45) is -1.39. The highest BCUT2D eigenvalue weighted by Gasteiger charge is 1.99. The number of rotatable bonds is 2. The number of hydrogen-bond donors (Lipinski definition) is 2. The van der Waals surface area contributed by atoms with Gasteiger partial charge in [0, 0.05) is 6.54 Å². The number of nitrogens with two attached hydrogens (primary N) is 1. The zero-order chi connectivity index (χ0) is 6.57. The van der Waals surface area contributed by atoms with Gasteiger partial charge in [0.1, 0.15) is 0 Å². The molecule has 48 valence electrons. The van der Waals surface area contributed by atoms with E-state index in [2.05, 4.69) is 4.84 Å². The van der Waals surface area contributed by atoms with Gasteiger partial charge < -0.3 is 9.94 Å². The maximum atomic E-state index is 9.62. The van der Waals surface area contributed by atoms with Gasteiger partial charge in [-0.1, -0.05) is 5.17 Å². The summed E-state index contributed by atoms with van der Waals surface area (Å²) in [6.45, 7) is 2.01. The second kappa shape index (κ2) is 3.23. The van der Waals surface area contributed by atoms with Gasteiger partial charge in [-0.2, -0.15) is 0 Å². The van der Waals surface area contributed by atoms with Crippen molar-refractivity contribution in [1.82, 2.24) is 5.17 Å². The summed E-state index contributed by atoms with van der Waals surface area (Å²) in [4.78, 5) is 13.6. The fourth-order valence-electron chi connectivity index (χ4n) is 0.165. The van der Waals surface area contributed by atoms with E-state index in [0.717, 1.165) is 5.17 Å². The topological polar surface area (TPSA) is 75.8 Å². The Hall–Kier alpha value is -0.810. The lowest BCUT2D eigenvalue weighted by atomic mass is 10.8. The first-order valence-electron chi connectivity index (χ1n) is 2.10. The lowest BCUT2D eigenvalue weighted by Crippen LogP contribution is -2.32. The van der Waals surface area contributed by atoms with E-state index in [0.29, 0.717) is 6.54 Å². The molecule has 0 amide bonds. The van der Waals surface area contributed by atoms with Crippen LogP contribution < -0.4 is 5.84 Å². The third kappa shape index (κ3) is 3.38. The van der Waals surface area contributed by atoms with E-state index in [1.54, 1.807) is 6.92 Å². The molecular weight excluding hydrogens is 112 g/mol. The highest BCUT2D eigenvalue weighted by atomic mass is 16.8. The average Bonchev–Trinajstić information content (AvgIpc) is 1.65. The van der Waals surface area contributed by atoms with Crippen molar-refractivity contribution >= 4 is 6.16 Å². The predicted octanol–water partition coefficient (Wildman–Crippen LogP) is -0.208. The molecule has 0 atom stereocenters. The molecule has 3 N–H and O–H groups in total. The Morgan fingerprint density at radius 1 is 2.00 bits per heavy atom. The lowest BCUT2D eigenvalue weighted by molar-refractivity contribution is -0.118. The molecule has 0 bridgehead atoms. The van der Waals surface area contributed by atoms with Crippen LogP contribution in [0.15, 0.2) is 0 Å². The highest BCUT2D eigenvalue weighted by Crippen LogP contribution is 1.78. The Kier molecular flexibility index (Phi) is 2.90. The van der Waals surface area contributed by atoms with Crippen LogP contribution in [0.4, 0.5) is 4.79 Å². The third-order valence-corrected chi connectivity index (χ3v) is 0.507. The zero-order valence-electron chi connectivity index (χ0n) is 4.50. The smallest absolute Gasteiger partial charge is 0.448 e. The molecule has 0 aliphatic rings. The number of carbonyl (C=O) groups is 1. The van der Waals surface area contributed by atoms with Crippen LogP contribution in [0.3, 0.4) is 0 Å². The molecule has 0 aromatic rings. The molecule has 0 saturated heterocycles. The number of hydroxylamine groups is 1. The normalized spacial score (nSPS) is 9.38. The van der Waals surface area contributed by atoms with E-state index in [4.69, 9.17) is 10.9 Å². The summed E-state index contributed by atoms with van der Waals surface area (Å²) < 4.78 is 0. The van der Waals surface area contributed by atoms with Crippen LogP contribution >= 0.6 is 0 Å². The molecule has 0 unspecified atom stereocenters. The highest BCUT2D eigenvalue weighted by molar-refractivity contribution is 5.56. The summed E-state index contributed by atoms with van der Waals surface area (Å²) >= 11 is 0. The summed E-state index contributed by atoms with van der Waals surface area (Å²) in [5, 5.41) is 8.60. The predicted molar refractivity (Wildman–Crippen MR) is 25.7 cm³/mol. The molecule has 0 aliphatic heterocycles. The Labute approximate surface area is 46.6 Å². The molecule has 0 heterocycles. The quantitative estimate of drug-likeness (QED) is 0.389. The standard InChI is InChI=1S/C3H8N2O3/c1-2-5(4)8-3(6)7/h2,4H2,1H3,(H,6,7). The molecule has 5 nitrogen and oxygen atoms in total. The first-order chi connectivity index (χ1) is 3.66. The molecule has 0 aliphatic carbocycles. The summed E-state index contributed by atoms with van der Waals surface area (Å²) in [7, 11) is 0. The van der Waals surface area contributed by atoms with Crippen molar-refractivity contribution in [1.29, 1.82) is 0 Å². The van der Waals surface area contributed by atoms with Crippen LogP contribution in [0.5, 0.6) is 0 Å². The fraction of sp³-hybridized carbons (Fsp3) is 0.667. The van der Waals surface area contributed by atoms with Crippen LogP contribution in [-0.4, -0.2) is 23.0 Å². The van der Waals surface area contributed by atoms with Gasteiger partial charge in [0.25, 0.3) is 0 Å². The van der Waals surface area contributed by atoms with Crippen LogP contribution in [0, 0.1) is 0 Å². The van der Waals surface area contributed by atoms with Crippen molar-refractivity contribution in [2.75, 3.05) is 6.54 Å². The number of hydrogen-bond acceptors (Lipinski definition) is 4. The average molecular weight is 120 g/mol. The van der Waals surface area contributed by atoms with Crippen molar-refractivity contribution < 1.29 is 14.7 Å². The van der Waals surface area contributed by atoms with Crippen molar-refractivity contribution in [3.05, 3.63) is 0 Å². The summed E-state index contributed by atoms with van der Waals surface area (Å²) in [5.41, 5.74) is 0. The zero-order valence-corrected chi connectivity index (χ0v) is 4.50. The largest absolute Gasteiger partial charge is 0.526 e. The van der Waals surface area contributed by atoms with E-state index < -0.39 is 6.16 Å². The Morgan fingerprint density at radius 2 is 2.50 bits per heavy atom. The van der Waals surface area contributed by atoms with E-state index in [1.165, 1.54) is 0 Å². The van der Waals surface area contributed by atoms with Crippen molar-refractivity contribution in [3.63, 3.8) is 0 Å². The molecule has 0 saturated carbocycles. The minimum atomic E-state index is -1.39. The van der Waals surface area contributed by atoms with Crippen molar-refractivity contribution in [2.45, 2.75) is 6.92 Å². The minimum absolute atomic E-state index is 0.340. The minimum Gasteiger partial charge on any atom is -0.448 e. The monoisotopic (exact) mass is 120 g/mol. The maximum absolute atomic E-state index is 9.62. The first kappa shape index (κ1) is 7.19. The molecular formula is C3H8N2O3. The summed E-state index contributed by atoms with van der Waals surface area (Å²) in [6, 6.07) is 0. The van der Waals surface area contributed by atoms with E-state index >= 15 is 0 Å². The molecule has 0 spiro atoms. The second-order valence-electron chi connectivity index (χ2n) is 1.09. The van der Waals surface area contributed by atoms with E-state index in [9.17, 15) is 4.79 Å². The third-order valence-electron chi connectivity index (χ3n) is 0.507. The first-order valence-corrected chi connectivity index (χ1v) is 2.10. The van der Waals surface area contributed by atoms with Gasteiger partial charge in [-0.25, -0.2) is 10.6 Å². The Bertz CT molecular complexity index is 84.6. The van der Waals surface area contributed by atoms with E-state index in [1.807, 2.05) is 0 Å². The second-order valence-corrected chi connectivity index (χ2v) is 1.09. The molecule has 0 aromatic carbocycles. The van der Waals surface area contributed by atoms with Gasteiger partial charge in [-0.3, -0.25) is 0 Å². The van der Waals surface area contributed by atoms with Crippen molar-refractivity contribution in [3.8, 4) is 0 Å². The van der Waals surface area contributed by atoms with Gasteiger partial charge in [-0.05, 0) is 6.92 Å². The number of hydrazine groups is 1. The molecule has 0 fully saturated rings. The number of nitrogens with zero attached hydrogens (tertiary/aromatic N) is 1. The molecule has 0 radical (unpaired) electrons. The van der Waals surface area contributed by atoms with Crippen LogP contribution in [-0.2, 0) is 4.84 Å². The fourth-order valence-corrected chi connectivity index (χ4v) is 0.165. The van der Waals surface area contributed by atoms with Gasteiger partial charge in [0.05, 0.1) is 0 Å². The van der Waals surface area contributed by atoms with Crippen LogP contribution in [0.2, 0.25) is 0 Å². The van der Waals surface area contributed by atoms with Crippen LogP contribution in [0.1, 0.15) is 6.92 Å². The lowest BCUT2D eigenvalue weighted by Gasteiger charge is -2.08. The Balaban J connectivity index is 3.24. The van der Waals surface area contributed by atoms with Gasteiger partial charge in [-0.15, -0.1) is 0 Å². The molecule has 0 rings (SSSR count). The molecule has 0 aromatic heterocycles. The maximum Gasteiger partial charge on any atom is 0.526 e. The Morgan fingerprint density at radius 3 is 2.62 bits per heavy atom. The molecule has 8 heavy (non-hydrogen) atoms. The molecule has 5 heteroatoms. The van der Waals surface area contributed by atoms with Gasteiger partial charge >= 0.3 is 6.16 Å². The van der Waals surface area contributed by atoms with E-state index in [-0.39, 0.29) is 0 Å². The summed E-state index contributed by atoms with van der Waals surface area (Å²) in [5.74, 6) is 4.90. The van der Waals surface area contributed by atoms with Gasteiger partial charge in [0.15, 0.2) is 0 Å². The van der Waals surface area contributed by atoms with Crippen molar-refractivity contribution in [2.24, 2.45) is 5.84 Å².